The third kappa shape index (κ3) is 1.03. The maximum absolute atomic E-state index is 4.55. The van der Waals surface area contributed by atoms with Crippen LogP contribution in [0, 0.1) is 6.92 Å². The van der Waals surface area contributed by atoms with Crippen molar-refractivity contribution in [3.05, 3.63) is 23.8 Å². The van der Waals surface area contributed by atoms with Gasteiger partial charge in [-0.3, -0.25) is 4.98 Å². The molecule has 66 valence electrons. The molecule has 0 saturated heterocycles. The summed E-state index contributed by atoms with van der Waals surface area (Å²) in [6.45, 7) is 2.03. The topological polar surface area (TPSA) is 41.6 Å². The Bertz CT molecular complexity index is 454. The van der Waals surface area contributed by atoms with E-state index in [1.807, 2.05) is 13.0 Å². The van der Waals surface area contributed by atoms with E-state index in [1.165, 1.54) is 18.5 Å². The van der Waals surface area contributed by atoms with Gasteiger partial charge in [0, 0.05) is 11.6 Å². The molecule has 13 heavy (non-hydrogen) atoms. The van der Waals surface area contributed by atoms with Crippen LogP contribution >= 0.6 is 0 Å². The largest absolute Gasteiger partial charge is 0.344 e. The van der Waals surface area contributed by atoms with Crippen LogP contribution in [0.5, 0.6) is 0 Å². The first-order valence-corrected chi connectivity index (χ1v) is 4.65. The minimum atomic E-state index is 0.672. The van der Waals surface area contributed by atoms with E-state index >= 15 is 0 Å². The van der Waals surface area contributed by atoms with Crippen molar-refractivity contribution < 1.29 is 0 Å². The first-order valence-electron chi connectivity index (χ1n) is 4.65. The minimum absolute atomic E-state index is 0.672. The van der Waals surface area contributed by atoms with Crippen LogP contribution in [0.25, 0.3) is 11.0 Å². The molecular weight excluding hydrogens is 162 g/mol. The Morgan fingerprint density at radius 1 is 1.46 bits per heavy atom. The lowest BCUT2D eigenvalue weighted by Gasteiger charge is -2.00. The highest BCUT2D eigenvalue weighted by Crippen LogP contribution is 2.41. The molecule has 2 heterocycles. The lowest BCUT2D eigenvalue weighted by molar-refractivity contribution is 1.01. The average Bonchev–Trinajstić information content (AvgIpc) is 2.84. The van der Waals surface area contributed by atoms with Gasteiger partial charge in [0.1, 0.15) is 5.52 Å². The number of H-pyrrole nitrogens is 1. The van der Waals surface area contributed by atoms with Gasteiger partial charge in [-0.2, -0.15) is 0 Å². The van der Waals surface area contributed by atoms with Crippen molar-refractivity contribution in [3.8, 4) is 0 Å². The molecule has 0 bridgehead atoms. The number of imidazole rings is 1. The second-order valence-electron chi connectivity index (χ2n) is 3.72. The molecule has 1 fully saturated rings. The number of hydrogen-bond donors (Lipinski definition) is 1. The number of hydrogen-bond acceptors (Lipinski definition) is 2. The molecule has 1 aliphatic carbocycles. The molecule has 0 atom stereocenters. The predicted molar refractivity (Wildman–Crippen MR) is 50.6 cm³/mol. The van der Waals surface area contributed by atoms with Gasteiger partial charge in [0.05, 0.1) is 17.5 Å². The molecule has 1 N–H and O–H groups in total. The van der Waals surface area contributed by atoms with Crippen molar-refractivity contribution in [3.63, 3.8) is 0 Å². The zero-order chi connectivity index (χ0) is 8.84. The number of aromatic amines is 1. The number of rotatable bonds is 1. The van der Waals surface area contributed by atoms with Crippen LogP contribution in [0.2, 0.25) is 0 Å². The second kappa shape index (κ2) is 2.31. The van der Waals surface area contributed by atoms with E-state index in [1.54, 1.807) is 6.33 Å². The van der Waals surface area contributed by atoms with E-state index in [4.69, 9.17) is 0 Å². The van der Waals surface area contributed by atoms with Gasteiger partial charge in [0.15, 0.2) is 0 Å². The molecule has 3 rings (SSSR count). The number of aromatic nitrogens is 3. The first-order chi connectivity index (χ1) is 6.34. The maximum Gasteiger partial charge on any atom is 0.110 e. The molecule has 2 aromatic heterocycles. The average molecular weight is 173 g/mol. The summed E-state index contributed by atoms with van der Waals surface area (Å²) < 4.78 is 0. The molecule has 2 aromatic rings. The molecule has 0 amide bonds. The summed E-state index contributed by atoms with van der Waals surface area (Å²) in [4.78, 5) is 12.0. The Kier molecular flexibility index (Phi) is 1.26. The van der Waals surface area contributed by atoms with Crippen molar-refractivity contribution in [2.45, 2.75) is 25.7 Å². The van der Waals surface area contributed by atoms with Crippen LogP contribution < -0.4 is 0 Å². The smallest absolute Gasteiger partial charge is 0.110 e. The summed E-state index contributed by atoms with van der Waals surface area (Å²) in [5, 5.41) is 0. The molecular formula is C10H11N3. The molecule has 3 heteroatoms. The Balaban J connectivity index is 2.33. The molecule has 1 saturated carbocycles. The Morgan fingerprint density at radius 3 is 3.08 bits per heavy atom. The van der Waals surface area contributed by atoms with Gasteiger partial charge in [0.2, 0.25) is 0 Å². The quantitative estimate of drug-likeness (QED) is 0.717. The van der Waals surface area contributed by atoms with Gasteiger partial charge in [-0.15, -0.1) is 0 Å². The molecule has 0 radical (unpaired) electrons. The van der Waals surface area contributed by atoms with Gasteiger partial charge in [-0.1, -0.05) is 0 Å². The summed E-state index contributed by atoms with van der Waals surface area (Å²) in [6.07, 6.45) is 4.30. The SMILES string of the molecule is Cc1cc2[nH]cnc2c(C2CC2)n1. The van der Waals surface area contributed by atoms with Crippen molar-refractivity contribution >= 4 is 11.0 Å². The number of fused-ring (bicyclic) bond motifs is 1. The van der Waals surface area contributed by atoms with Crippen molar-refractivity contribution in [2.24, 2.45) is 0 Å². The number of nitrogens with one attached hydrogen (secondary N) is 1. The van der Waals surface area contributed by atoms with Gasteiger partial charge >= 0.3 is 0 Å². The Labute approximate surface area is 76.2 Å². The standard InChI is InChI=1S/C10H11N3/c1-6-4-8-10(12-5-11-8)9(13-6)7-2-3-7/h4-5,7H,2-3H2,1H3,(H,11,12). The number of nitrogens with zero attached hydrogens (tertiary/aromatic N) is 2. The van der Waals surface area contributed by atoms with E-state index in [9.17, 15) is 0 Å². The summed E-state index contributed by atoms with van der Waals surface area (Å²) in [7, 11) is 0. The third-order valence-electron chi connectivity index (χ3n) is 2.53. The minimum Gasteiger partial charge on any atom is -0.344 e. The fourth-order valence-corrected chi connectivity index (χ4v) is 1.74. The van der Waals surface area contributed by atoms with Gasteiger partial charge in [-0.05, 0) is 25.8 Å². The molecule has 3 nitrogen and oxygen atoms in total. The molecule has 0 aliphatic heterocycles. The van der Waals surface area contributed by atoms with Gasteiger partial charge < -0.3 is 4.98 Å². The van der Waals surface area contributed by atoms with Crippen LogP contribution in [-0.4, -0.2) is 15.0 Å². The number of aryl methyl sites for hydroxylation is 1. The summed E-state index contributed by atoms with van der Waals surface area (Å²) in [5.74, 6) is 0.672. The van der Waals surface area contributed by atoms with Gasteiger partial charge in [-0.25, -0.2) is 4.98 Å². The lowest BCUT2D eigenvalue weighted by Crippen LogP contribution is -1.91. The zero-order valence-corrected chi connectivity index (χ0v) is 7.54. The molecule has 0 spiro atoms. The summed E-state index contributed by atoms with van der Waals surface area (Å²) in [5.41, 5.74) is 4.46. The fourth-order valence-electron chi connectivity index (χ4n) is 1.74. The van der Waals surface area contributed by atoms with Crippen molar-refractivity contribution in [1.29, 1.82) is 0 Å². The van der Waals surface area contributed by atoms with Crippen LogP contribution in [0.3, 0.4) is 0 Å². The number of pyridine rings is 1. The Hall–Kier alpha value is -1.38. The maximum atomic E-state index is 4.55. The van der Waals surface area contributed by atoms with Gasteiger partial charge in [0.25, 0.3) is 0 Å². The normalized spacial score (nSPS) is 16.7. The Morgan fingerprint density at radius 2 is 2.31 bits per heavy atom. The van der Waals surface area contributed by atoms with Crippen LogP contribution in [0.1, 0.15) is 30.1 Å². The van der Waals surface area contributed by atoms with Crippen LogP contribution in [0.15, 0.2) is 12.4 Å². The highest BCUT2D eigenvalue weighted by molar-refractivity contribution is 5.78. The van der Waals surface area contributed by atoms with E-state index in [-0.39, 0.29) is 0 Å². The van der Waals surface area contributed by atoms with E-state index < -0.39 is 0 Å². The highest BCUT2D eigenvalue weighted by atomic mass is 14.9. The third-order valence-corrected chi connectivity index (χ3v) is 2.53. The molecule has 1 aliphatic rings. The van der Waals surface area contributed by atoms with Crippen molar-refractivity contribution in [2.75, 3.05) is 0 Å². The first kappa shape index (κ1) is 7.06. The highest BCUT2D eigenvalue weighted by Gasteiger charge is 2.27. The van der Waals surface area contributed by atoms with Crippen molar-refractivity contribution in [1.82, 2.24) is 15.0 Å². The lowest BCUT2D eigenvalue weighted by atomic mass is 10.2. The fraction of sp³-hybridized carbons (Fsp3) is 0.400. The monoisotopic (exact) mass is 173 g/mol. The van der Waals surface area contributed by atoms with E-state index in [0.29, 0.717) is 5.92 Å². The predicted octanol–water partition coefficient (Wildman–Crippen LogP) is 2.14. The van der Waals surface area contributed by atoms with Crippen LogP contribution in [0.4, 0.5) is 0 Å². The second-order valence-corrected chi connectivity index (χ2v) is 3.72. The van der Waals surface area contributed by atoms with Crippen LogP contribution in [-0.2, 0) is 0 Å². The van der Waals surface area contributed by atoms with E-state index in [2.05, 4.69) is 15.0 Å². The summed E-state index contributed by atoms with van der Waals surface area (Å²) >= 11 is 0. The molecule has 0 unspecified atom stereocenters. The molecule has 0 aromatic carbocycles. The van der Waals surface area contributed by atoms with E-state index in [0.717, 1.165) is 16.7 Å². The zero-order valence-electron chi connectivity index (χ0n) is 7.54. The summed E-state index contributed by atoms with van der Waals surface area (Å²) in [6, 6.07) is 2.05.